The molecule has 0 amide bonds. The van der Waals surface area contributed by atoms with Crippen molar-refractivity contribution in [1.82, 2.24) is 0 Å². The predicted molar refractivity (Wildman–Crippen MR) is 48.0 cm³/mol. The van der Waals surface area contributed by atoms with Gasteiger partial charge >= 0.3 is 5.97 Å². The summed E-state index contributed by atoms with van der Waals surface area (Å²) in [5.74, 6) is 0.736. The third-order valence-electron chi connectivity index (χ3n) is 3.41. The number of carbonyl (C=O) groups is 1. The van der Waals surface area contributed by atoms with Gasteiger partial charge < -0.3 is 18.9 Å². The van der Waals surface area contributed by atoms with E-state index in [0.29, 0.717) is 18.4 Å². The minimum Gasteiger partial charge on any atom is -0.467 e. The Morgan fingerprint density at radius 2 is 2.33 bits per heavy atom. The Morgan fingerprint density at radius 3 is 3.13 bits per heavy atom. The first-order valence-corrected chi connectivity index (χ1v) is 5.25. The number of fused-ring (bicyclic) bond motifs is 4. The van der Waals surface area contributed by atoms with Crippen molar-refractivity contribution >= 4 is 5.97 Å². The largest absolute Gasteiger partial charge is 0.467 e. The molecular formula is C10H14O5. The molecule has 3 aliphatic rings. The second kappa shape index (κ2) is 3.43. The highest BCUT2D eigenvalue weighted by Crippen LogP contribution is 2.53. The Kier molecular flexibility index (Phi) is 2.19. The van der Waals surface area contributed by atoms with E-state index >= 15 is 0 Å². The van der Waals surface area contributed by atoms with Crippen LogP contribution in [-0.2, 0) is 23.7 Å². The zero-order chi connectivity index (χ0) is 10.4. The number of hydrogen-bond donors (Lipinski definition) is 0. The molecule has 2 aliphatic heterocycles. The van der Waals surface area contributed by atoms with E-state index in [1.54, 1.807) is 0 Å². The number of carbonyl (C=O) groups excluding carboxylic acids is 1. The highest BCUT2D eigenvalue weighted by Gasteiger charge is 2.59. The highest BCUT2D eigenvalue weighted by molar-refractivity contribution is 5.70. The summed E-state index contributed by atoms with van der Waals surface area (Å²) >= 11 is 0. The molecule has 0 N–H and O–H groups in total. The number of methoxy groups -OCH3 is 1. The molecule has 2 saturated heterocycles. The number of hydrogen-bond acceptors (Lipinski definition) is 5. The van der Waals surface area contributed by atoms with Crippen molar-refractivity contribution in [2.45, 2.75) is 24.9 Å². The van der Waals surface area contributed by atoms with Gasteiger partial charge in [0.1, 0.15) is 12.7 Å². The summed E-state index contributed by atoms with van der Waals surface area (Å²) in [5.41, 5.74) is 0. The van der Waals surface area contributed by atoms with E-state index in [9.17, 15) is 4.79 Å². The second-order valence-electron chi connectivity index (χ2n) is 4.29. The van der Waals surface area contributed by atoms with Crippen LogP contribution in [0, 0.1) is 11.8 Å². The van der Waals surface area contributed by atoms with E-state index in [1.165, 1.54) is 7.11 Å². The lowest BCUT2D eigenvalue weighted by atomic mass is 10.1. The SMILES string of the molecule is COC(=O)COC1C2C[C@H]2C2CO[C@H]1O2. The van der Waals surface area contributed by atoms with Crippen LogP contribution in [0.25, 0.3) is 0 Å². The predicted octanol–water partition coefficient (Wildman–Crippen LogP) is -0.0642. The van der Waals surface area contributed by atoms with Gasteiger partial charge in [-0.25, -0.2) is 4.79 Å². The lowest BCUT2D eigenvalue weighted by Gasteiger charge is -2.26. The first-order chi connectivity index (χ1) is 7.29. The molecule has 5 atom stereocenters. The number of rotatable bonds is 3. The summed E-state index contributed by atoms with van der Waals surface area (Å²) in [5, 5.41) is 0. The average Bonchev–Trinajstić information content (AvgIpc) is 2.93. The lowest BCUT2D eigenvalue weighted by Crippen LogP contribution is -2.38. The van der Waals surface area contributed by atoms with Crippen LogP contribution in [0.3, 0.4) is 0 Å². The van der Waals surface area contributed by atoms with E-state index < -0.39 is 0 Å². The van der Waals surface area contributed by atoms with Gasteiger partial charge in [0.2, 0.25) is 0 Å². The molecule has 0 aromatic rings. The van der Waals surface area contributed by atoms with Gasteiger partial charge in [-0.1, -0.05) is 0 Å². The van der Waals surface area contributed by atoms with Gasteiger partial charge in [0, 0.05) is 0 Å². The van der Waals surface area contributed by atoms with Crippen LogP contribution in [-0.4, -0.2) is 44.8 Å². The van der Waals surface area contributed by atoms with Crippen molar-refractivity contribution < 1.29 is 23.7 Å². The van der Waals surface area contributed by atoms with Crippen molar-refractivity contribution in [3.8, 4) is 0 Å². The lowest BCUT2D eigenvalue weighted by molar-refractivity contribution is -0.186. The minimum atomic E-state index is -0.354. The maximum Gasteiger partial charge on any atom is 0.331 e. The van der Waals surface area contributed by atoms with Gasteiger partial charge in [-0.15, -0.1) is 0 Å². The molecule has 84 valence electrons. The van der Waals surface area contributed by atoms with Crippen molar-refractivity contribution in [2.24, 2.45) is 11.8 Å². The third kappa shape index (κ3) is 1.55. The first kappa shape index (κ1) is 9.57. The fraction of sp³-hybridized carbons (Fsp3) is 0.900. The number of esters is 1. The Hall–Kier alpha value is -0.650. The monoisotopic (exact) mass is 214 g/mol. The Bertz CT molecular complexity index is 279. The molecule has 15 heavy (non-hydrogen) atoms. The topological polar surface area (TPSA) is 54.0 Å². The van der Waals surface area contributed by atoms with Gasteiger partial charge in [-0.2, -0.15) is 0 Å². The number of ether oxygens (including phenoxy) is 4. The van der Waals surface area contributed by atoms with Crippen LogP contribution in [0.15, 0.2) is 0 Å². The maximum atomic E-state index is 11.0. The van der Waals surface area contributed by atoms with Crippen LogP contribution in [0.2, 0.25) is 0 Å². The fourth-order valence-electron chi connectivity index (χ4n) is 2.51. The standard InChI is InChI=1S/C10H14O5/c1-12-8(11)4-13-9-6-2-5(6)7-3-14-10(9)15-7/h5-7,9-10H,2-4H2,1H3/t5-,6?,7?,9?,10+/m1/s1. The summed E-state index contributed by atoms with van der Waals surface area (Å²) in [6, 6.07) is 0. The van der Waals surface area contributed by atoms with Gasteiger partial charge in [0.15, 0.2) is 6.29 Å². The summed E-state index contributed by atoms with van der Waals surface area (Å²) in [6.07, 6.45) is 1.03. The van der Waals surface area contributed by atoms with Crippen molar-refractivity contribution in [3.05, 3.63) is 0 Å². The molecule has 0 radical (unpaired) electrons. The Morgan fingerprint density at radius 1 is 1.47 bits per heavy atom. The molecule has 0 aromatic carbocycles. The molecule has 3 rings (SSSR count). The zero-order valence-corrected chi connectivity index (χ0v) is 8.55. The molecule has 3 unspecified atom stereocenters. The molecular weight excluding hydrogens is 200 g/mol. The molecule has 2 heterocycles. The van der Waals surface area contributed by atoms with Gasteiger partial charge in [0.25, 0.3) is 0 Å². The zero-order valence-electron chi connectivity index (χ0n) is 8.55. The highest BCUT2D eigenvalue weighted by atomic mass is 16.7. The normalized spacial score (nSPS) is 46.1. The summed E-state index contributed by atoms with van der Waals surface area (Å²) in [6.45, 7) is 0.655. The fourth-order valence-corrected chi connectivity index (χ4v) is 2.51. The second-order valence-corrected chi connectivity index (χ2v) is 4.29. The molecule has 0 spiro atoms. The summed E-state index contributed by atoms with van der Waals surface area (Å²) in [7, 11) is 1.35. The van der Waals surface area contributed by atoms with E-state index in [-0.39, 0.29) is 31.1 Å². The van der Waals surface area contributed by atoms with E-state index in [4.69, 9.17) is 14.2 Å². The van der Waals surface area contributed by atoms with Crippen LogP contribution in [0.5, 0.6) is 0 Å². The molecule has 1 aliphatic carbocycles. The molecule has 5 heteroatoms. The molecule has 3 fully saturated rings. The summed E-state index contributed by atoms with van der Waals surface area (Å²) < 4.78 is 21.1. The molecule has 0 aromatic heterocycles. The first-order valence-electron chi connectivity index (χ1n) is 5.25. The van der Waals surface area contributed by atoms with Gasteiger partial charge in [0.05, 0.1) is 19.8 Å². The van der Waals surface area contributed by atoms with Crippen LogP contribution in [0.1, 0.15) is 6.42 Å². The van der Waals surface area contributed by atoms with Crippen LogP contribution >= 0.6 is 0 Å². The molecule has 1 saturated carbocycles. The van der Waals surface area contributed by atoms with E-state index in [0.717, 1.165) is 6.42 Å². The smallest absolute Gasteiger partial charge is 0.331 e. The van der Waals surface area contributed by atoms with Crippen LogP contribution in [0.4, 0.5) is 0 Å². The van der Waals surface area contributed by atoms with Gasteiger partial charge in [-0.05, 0) is 18.3 Å². The van der Waals surface area contributed by atoms with E-state index in [1.807, 2.05) is 0 Å². The van der Waals surface area contributed by atoms with Crippen LogP contribution < -0.4 is 0 Å². The Balaban J connectivity index is 1.59. The third-order valence-corrected chi connectivity index (χ3v) is 3.41. The maximum absolute atomic E-state index is 11.0. The van der Waals surface area contributed by atoms with Crippen molar-refractivity contribution in [2.75, 3.05) is 20.3 Å². The van der Waals surface area contributed by atoms with E-state index in [2.05, 4.69) is 4.74 Å². The summed E-state index contributed by atoms with van der Waals surface area (Å²) in [4.78, 5) is 11.0. The quantitative estimate of drug-likeness (QED) is 0.616. The van der Waals surface area contributed by atoms with Crippen molar-refractivity contribution in [3.63, 3.8) is 0 Å². The van der Waals surface area contributed by atoms with Gasteiger partial charge in [-0.3, -0.25) is 0 Å². The average molecular weight is 214 g/mol. The molecule has 2 bridgehead atoms. The van der Waals surface area contributed by atoms with Crippen molar-refractivity contribution in [1.29, 1.82) is 0 Å². The minimum absolute atomic E-state index is 0.0156. The Labute approximate surface area is 87.6 Å². The molecule has 5 nitrogen and oxygen atoms in total.